The third-order valence-corrected chi connectivity index (χ3v) is 3.48. The molecule has 0 saturated heterocycles. The molecule has 0 aromatic heterocycles. The highest BCUT2D eigenvalue weighted by molar-refractivity contribution is 5.71. The van der Waals surface area contributed by atoms with Crippen LogP contribution in [0.5, 0.6) is 0 Å². The Morgan fingerprint density at radius 3 is 2.33 bits per heavy atom. The summed E-state index contributed by atoms with van der Waals surface area (Å²) in [5.41, 5.74) is 9.61. The smallest absolute Gasteiger partial charge is 0.307 e. The maximum absolute atomic E-state index is 11.0. The van der Waals surface area contributed by atoms with Crippen molar-refractivity contribution in [3.05, 3.63) is 59.7 Å². The third-order valence-electron chi connectivity index (χ3n) is 3.48. The van der Waals surface area contributed by atoms with Gasteiger partial charge in [-0.25, -0.2) is 0 Å². The number of carboxylic acid groups (broad SMARTS) is 1. The van der Waals surface area contributed by atoms with Crippen molar-refractivity contribution in [1.29, 1.82) is 0 Å². The van der Waals surface area contributed by atoms with Gasteiger partial charge in [-0.2, -0.15) is 0 Å². The van der Waals surface area contributed by atoms with Crippen molar-refractivity contribution in [2.45, 2.75) is 19.9 Å². The van der Waals surface area contributed by atoms with Gasteiger partial charge in [-0.15, -0.1) is 0 Å². The summed E-state index contributed by atoms with van der Waals surface area (Å²) < 4.78 is 0. The Morgan fingerprint density at radius 1 is 1.10 bits per heavy atom. The first kappa shape index (κ1) is 14.9. The average Bonchev–Trinajstić information content (AvgIpc) is 2.47. The monoisotopic (exact) mass is 284 g/mol. The molecule has 0 fully saturated rings. The lowest BCUT2D eigenvalue weighted by Crippen LogP contribution is -2.24. The van der Waals surface area contributed by atoms with Crippen LogP contribution in [0.25, 0.3) is 0 Å². The molecule has 4 heteroatoms. The van der Waals surface area contributed by atoms with Gasteiger partial charge in [0.25, 0.3) is 0 Å². The predicted octanol–water partition coefficient (Wildman–Crippen LogP) is 2.92. The number of nitrogens with zero attached hydrogens (tertiary/aromatic N) is 1. The van der Waals surface area contributed by atoms with E-state index in [1.807, 2.05) is 48.5 Å². The van der Waals surface area contributed by atoms with E-state index in [9.17, 15) is 4.79 Å². The zero-order chi connectivity index (χ0) is 15.2. The number of nitrogens with two attached hydrogens (primary N) is 1. The van der Waals surface area contributed by atoms with E-state index in [0.29, 0.717) is 6.54 Å². The maximum Gasteiger partial charge on any atom is 0.307 e. The molecule has 0 heterocycles. The molecule has 0 aliphatic rings. The number of benzene rings is 2. The van der Waals surface area contributed by atoms with E-state index in [-0.39, 0.29) is 6.42 Å². The zero-order valence-corrected chi connectivity index (χ0v) is 12.1. The molecule has 2 aromatic carbocycles. The molecule has 0 aliphatic heterocycles. The molecular formula is C17H20N2O2. The SMILES string of the molecule is CCN(Cc1ccccc1CC(=O)O)c1ccccc1N. The molecule has 0 bridgehead atoms. The first-order valence-corrected chi connectivity index (χ1v) is 6.99. The minimum atomic E-state index is -0.815. The van der Waals surface area contributed by atoms with Gasteiger partial charge < -0.3 is 15.7 Å². The van der Waals surface area contributed by atoms with E-state index < -0.39 is 5.97 Å². The summed E-state index contributed by atoms with van der Waals surface area (Å²) in [4.78, 5) is 13.1. The highest BCUT2D eigenvalue weighted by Gasteiger charge is 2.12. The van der Waals surface area contributed by atoms with E-state index in [4.69, 9.17) is 10.8 Å². The summed E-state index contributed by atoms with van der Waals surface area (Å²) in [7, 11) is 0. The van der Waals surface area contributed by atoms with Crippen LogP contribution in [0.4, 0.5) is 11.4 Å². The second-order valence-corrected chi connectivity index (χ2v) is 4.91. The fourth-order valence-electron chi connectivity index (χ4n) is 2.40. The van der Waals surface area contributed by atoms with Crippen LogP contribution in [0.3, 0.4) is 0 Å². The minimum absolute atomic E-state index is 0.0397. The Bertz CT molecular complexity index is 626. The van der Waals surface area contributed by atoms with Crippen LogP contribution < -0.4 is 10.6 Å². The second-order valence-electron chi connectivity index (χ2n) is 4.91. The molecule has 21 heavy (non-hydrogen) atoms. The van der Waals surface area contributed by atoms with Gasteiger partial charge in [0.1, 0.15) is 0 Å². The van der Waals surface area contributed by atoms with Crippen molar-refractivity contribution in [2.24, 2.45) is 0 Å². The van der Waals surface area contributed by atoms with Gasteiger partial charge >= 0.3 is 5.97 Å². The van der Waals surface area contributed by atoms with Crippen LogP contribution in [0, 0.1) is 0 Å². The van der Waals surface area contributed by atoms with Crippen molar-refractivity contribution in [2.75, 3.05) is 17.2 Å². The van der Waals surface area contributed by atoms with Crippen LogP contribution in [0.2, 0.25) is 0 Å². The number of hydrogen-bond donors (Lipinski definition) is 2. The minimum Gasteiger partial charge on any atom is -0.481 e. The predicted molar refractivity (Wildman–Crippen MR) is 85.4 cm³/mol. The molecule has 0 unspecified atom stereocenters. The lowest BCUT2D eigenvalue weighted by Gasteiger charge is -2.25. The first-order chi connectivity index (χ1) is 10.1. The van der Waals surface area contributed by atoms with Gasteiger partial charge in [0.2, 0.25) is 0 Å². The maximum atomic E-state index is 11.0. The Hall–Kier alpha value is -2.49. The zero-order valence-electron chi connectivity index (χ0n) is 12.1. The molecule has 0 radical (unpaired) electrons. The molecule has 0 aliphatic carbocycles. The van der Waals surface area contributed by atoms with E-state index in [2.05, 4.69) is 11.8 Å². The number of rotatable bonds is 6. The molecule has 0 spiro atoms. The largest absolute Gasteiger partial charge is 0.481 e. The fourth-order valence-corrected chi connectivity index (χ4v) is 2.40. The van der Waals surface area contributed by atoms with Crippen molar-refractivity contribution in [1.82, 2.24) is 0 Å². The Morgan fingerprint density at radius 2 is 1.71 bits per heavy atom. The van der Waals surface area contributed by atoms with Crippen LogP contribution in [-0.2, 0) is 17.8 Å². The fraction of sp³-hybridized carbons (Fsp3) is 0.235. The summed E-state index contributed by atoms with van der Waals surface area (Å²) in [6, 6.07) is 15.4. The summed E-state index contributed by atoms with van der Waals surface area (Å²) in [6.45, 7) is 3.51. The lowest BCUT2D eigenvalue weighted by atomic mass is 10.0. The van der Waals surface area contributed by atoms with Crippen LogP contribution >= 0.6 is 0 Å². The van der Waals surface area contributed by atoms with Gasteiger partial charge in [-0.3, -0.25) is 4.79 Å². The van der Waals surface area contributed by atoms with Crippen molar-refractivity contribution < 1.29 is 9.90 Å². The summed E-state index contributed by atoms with van der Waals surface area (Å²) in [5.74, 6) is -0.815. The normalized spacial score (nSPS) is 10.3. The van der Waals surface area contributed by atoms with Crippen molar-refractivity contribution >= 4 is 17.3 Å². The topological polar surface area (TPSA) is 66.6 Å². The lowest BCUT2D eigenvalue weighted by molar-refractivity contribution is -0.136. The van der Waals surface area contributed by atoms with Gasteiger partial charge in [0.05, 0.1) is 17.8 Å². The van der Waals surface area contributed by atoms with Gasteiger partial charge in [-0.1, -0.05) is 36.4 Å². The molecule has 2 rings (SSSR count). The molecule has 0 amide bonds. The number of nitrogen functional groups attached to an aromatic ring is 1. The summed E-state index contributed by atoms with van der Waals surface area (Å²) >= 11 is 0. The van der Waals surface area contributed by atoms with Crippen LogP contribution in [-0.4, -0.2) is 17.6 Å². The second kappa shape index (κ2) is 6.79. The Labute approximate surface area is 124 Å². The highest BCUT2D eigenvalue weighted by Crippen LogP contribution is 2.25. The van der Waals surface area contributed by atoms with E-state index >= 15 is 0 Å². The number of para-hydroxylation sites is 2. The van der Waals surface area contributed by atoms with Gasteiger partial charge in [0.15, 0.2) is 0 Å². The van der Waals surface area contributed by atoms with E-state index in [0.717, 1.165) is 29.0 Å². The summed E-state index contributed by atoms with van der Waals surface area (Å²) in [5, 5.41) is 9.01. The average molecular weight is 284 g/mol. The van der Waals surface area contributed by atoms with E-state index in [1.165, 1.54) is 0 Å². The van der Waals surface area contributed by atoms with Crippen molar-refractivity contribution in [3.63, 3.8) is 0 Å². The Kier molecular flexibility index (Phi) is 4.82. The van der Waals surface area contributed by atoms with Crippen molar-refractivity contribution in [3.8, 4) is 0 Å². The molecule has 0 atom stereocenters. The number of hydrogen-bond acceptors (Lipinski definition) is 3. The third kappa shape index (κ3) is 3.75. The van der Waals surface area contributed by atoms with Gasteiger partial charge in [-0.05, 0) is 30.2 Å². The molecule has 2 aromatic rings. The summed E-state index contributed by atoms with van der Waals surface area (Å²) in [6.07, 6.45) is 0.0397. The molecule has 110 valence electrons. The Balaban J connectivity index is 2.27. The quantitative estimate of drug-likeness (QED) is 0.800. The number of anilines is 2. The number of carbonyl (C=O) groups is 1. The number of aliphatic carboxylic acids is 1. The van der Waals surface area contributed by atoms with Crippen LogP contribution in [0.1, 0.15) is 18.1 Å². The molecule has 0 saturated carbocycles. The van der Waals surface area contributed by atoms with E-state index in [1.54, 1.807) is 0 Å². The van der Waals surface area contributed by atoms with Crippen LogP contribution in [0.15, 0.2) is 48.5 Å². The molecule has 3 N–H and O–H groups in total. The highest BCUT2D eigenvalue weighted by atomic mass is 16.4. The first-order valence-electron chi connectivity index (χ1n) is 6.99. The van der Waals surface area contributed by atoms with Gasteiger partial charge in [0, 0.05) is 13.1 Å². The number of carboxylic acids is 1. The molecule has 4 nitrogen and oxygen atoms in total. The molecular weight excluding hydrogens is 264 g/mol. The standard InChI is InChI=1S/C17H20N2O2/c1-2-19(16-10-6-5-9-15(16)18)12-14-8-4-3-7-13(14)11-17(20)21/h3-10H,2,11-12,18H2,1H3,(H,20,21).